The number of carbonyl (C=O) groups is 1. The summed E-state index contributed by atoms with van der Waals surface area (Å²) in [4.78, 5) is 29.1. The molecule has 2 atom stereocenters. The molecule has 0 aromatic carbocycles. The quantitative estimate of drug-likeness (QED) is 0.552. The minimum Gasteiger partial charge on any atom is -0.348 e. The summed E-state index contributed by atoms with van der Waals surface area (Å²) in [5.41, 5.74) is -0.508. The molecule has 18 heavy (non-hydrogen) atoms. The molecule has 4 rings (SSSR count). The summed E-state index contributed by atoms with van der Waals surface area (Å²) in [6.45, 7) is 0. The number of rotatable bonds is 2. The molecule has 0 saturated heterocycles. The van der Waals surface area contributed by atoms with Gasteiger partial charge in [0, 0.05) is 14.1 Å². The fourth-order valence-electron chi connectivity index (χ4n) is 5.17. The second-order valence-corrected chi connectivity index (χ2v) is 6.87. The molecule has 1 amide bonds. The highest BCUT2D eigenvalue weighted by Gasteiger charge is 2.61. The monoisotopic (exact) mass is 248 g/mol. The molecule has 98 valence electrons. The van der Waals surface area contributed by atoms with Crippen molar-refractivity contribution in [1.29, 1.82) is 0 Å². The summed E-state index contributed by atoms with van der Waals surface area (Å²) in [6, 6.07) is 0. The molecule has 4 saturated carbocycles. The van der Waals surface area contributed by atoms with Crippen LogP contribution in [0.2, 0.25) is 0 Å². The molecule has 4 bridgehead atoms. The van der Waals surface area contributed by atoms with Gasteiger partial charge >= 0.3 is 0 Å². The topological polar surface area (TPSA) is 49.7 Å². The van der Waals surface area contributed by atoms with Crippen molar-refractivity contribution in [2.75, 3.05) is 14.1 Å². The molecule has 0 spiro atoms. The summed E-state index contributed by atoms with van der Waals surface area (Å²) in [5, 5.41) is 0. The molecule has 4 aliphatic carbocycles. The van der Waals surface area contributed by atoms with Crippen molar-refractivity contribution in [3.05, 3.63) is 0 Å². The van der Waals surface area contributed by atoms with Crippen molar-refractivity contribution < 1.29 is 9.59 Å². The number of hydrogen-bond acceptors (Lipinski definition) is 3. The van der Waals surface area contributed by atoms with Crippen molar-refractivity contribution in [2.45, 2.75) is 44.1 Å². The number of carbonyl (C=O) groups excluding carboxylic acids is 2. The zero-order valence-corrected chi connectivity index (χ0v) is 11.1. The van der Waals surface area contributed by atoms with E-state index >= 15 is 0 Å². The fourth-order valence-corrected chi connectivity index (χ4v) is 5.17. The maximum absolute atomic E-state index is 12.5. The van der Waals surface area contributed by atoms with E-state index in [0.29, 0.717) is 11.8 Å². The van der Waals surface area contributed by atoms with Crippen LogP contribution in [0, 0.1) is 17.3 Å². The van der Waals surface area contributed by atoms with Crippen molar-refractivity contribution in [2.24, 2.45) is 22.2 Å². The smallest absolute Gasteiger partial charge is 0.235 e. The highest BCUT2D eigenvalue weighted by atomic mass is 16.2. The number of isocyanates is 1. The van der Waals surface area contributed by atoms with E-state index in [1.807, 2.05) is 14.1 Å². The van der Waals surface area contributed by atoms with Crippen LogP contribution < -0.4 is 0 Å². The van der Waals surface area contributed by atoms with Gasteiger partial charge in [-0.25, -0.2) is 4.79 Å². The van der Waals surface area contributed by atoms with E-state index in [-0.39, 0.29) is 16.9 Å². The van der Waals surface area contributed by atoms with Crippen LogP contribution in [0.4, 0.5) is 0 Å². The van der Waals surface area contributed by atoms with Crippen molar-refractivity contribution >= 4 is 12.0 Å². The fraction of sp³-hybridized carbons (Fsp3) is 0.857. The van der Waals surface area contributed by atoms with Crippen LogP contribution in [0.5, 0.6) is 0 Å². The minimum atomic E-state index is -0.266. The Morgan fingerprint density at radius 2 is 1.83 bits per heavy atom. The first kappa shape index (κ1) is 11.9. The van der Waals surface area contributed by atoms with Crippen molar-refractivity contribution in [3.63, 3.8) is 0 Å². The maximum atomic E-state index is 12.5. The average molecular weight is 248 g/mol. The highest BCUT2D eigenvalue weighted by molar-refractivity contribution is 5.83. The zero-order chi connectivity index (χ0) is 13.0. The van der Waals surface area contributed by atoms with Crippen molar-refractivity contribution in [1.82, 2.24) is 4.90 Å². The lowest BCUT2D eigenvalue weighted by Crippen LogP contribution is -2.59. The Bertz CT molecular complexity index is 423. The molecule has 4 heteroatoms. The average Bonchev–Trinajstić information content (AvgIpc) is 2.25. The van der Waals surface area contributed by atoms with E-state index in [1.165, 1.54) is 6.42 Å². The third kappa shape index (κ3) is 1.55. The Morgan fingerprint density at radius 3 is 2.33 bits per heavy atom. The van der Waals surface area contributed by atoms with Gasteiger partial charge in [-0.15, -0.1) is 0 Å². The molecule has 2 unspecified atom stereocenters. The normalized spacial score (nSPS) is 44.6. The summed E-state index contributed by atoms with van der Waals surface area (Å²) in [7, 11) is 3.66. The third-order valence-electron chi connectivity index (χ3n) is 5.17. The van der Waals surface area contributed by atoms with Gasteiger partial charge in [0.05, 0.1) is 11.0 Å². The van der Waals surface area contributed by atoms with E-state index in [9.17, 15) is 9.59 Å². The van der Waals surface area contributed by atoms with E-state index in [0.717, 1.165) is 32.1 Å². The van der Waals surface area contributed by atoms with Crippen molar-refractivity contribution in [3.8, 4) is 0 Å². The van der Waals surface area contributed by atoms with Gasteiger partial charge in [-0.1, -0.05) is 0 Å². The second-order valence-electron chi connectivity index (χ2n) is 6.87. The Labute approximate surface area is 107 Å². The van der Waals surface area contributed by atoms with Gasteiger partial charge in [-0.2, -0.15) is 4.99 Å². The van der Waals surface area contributed by atoms with Crippen LogP contribution in [-0.2, 0) is 9.59 Å². The van der Waals surface area contributed by atoms with Crippen LogP contribution in [0.1, 0.15) is 38.5 Å². The first-order chi connectivity index (χ1) is 8.49. The van der Waals surface area contributed by atoms with Gasteiger partial charge in [0.15, 0.2) is 0 Å². The van der Waals surface area contributed by atoms with Crippen LogP contribution in [-0.4, -0.2) is 36.5 Å². The van der Waals surface area contributed by atoms with E-state index in [1.54, 1.807) is 11.0 Å². The summed E-state index contributed by atoms with van der Waals surface area (Å²) >= 11 is 0. The SMILES string of the molecule is CN(C)C(=O)C12CC3CC(CC(N=C=O)(C3)C1)C2. The maximum Gasteiger partial charge on any atom is 0.235 e. The Balaban J connectivity index is 1.99. The van der Waals surface area contributed by atoms with Gasteiger partial charge in [0.1, 0.15) is 0 Å². The van der Waals surface area contributed by atoms with Crippen LogP contribution in [0.15, 0.2) is 4.99 Å². The second kappa shape index (κ2) is 3.67. The predicted octanol–water partition coefficient (Wildman–Crippen LogP) is 1.75. The number of amides is 1. The molecule has 0 radical (unpaired) electrons. The van der Waals surface area contributed by atoms with Crippen LogP contribution >= 0.6 is 0 Å². The molecule has 0 aromatic heterocycles. The zero-order valence-electron chi connectivity index (χ0n) is 11.1. The molecule has 4 aliphatic rings. The first-order valence-electron chi connectivity index (χ1n) is 6.79. The standard InChI is InChI=1S/C14H20N2O2/c1-16(2)12(18)13-4-10-3-11(5-13)7-14(6-10,8-13)15-9-17/h10-11H,3-8H2,1-2H3. The van der Waals surface area contributed by atoms with Crippen LogP contribution in [0.3, 0.4) is 0 Å². The summed E-state index contributed by atoms with van der Waals surface area (Å²) in [6.07, 6.45) is 7.71. The third-order valence-corrected chi connectivity index (χ3v) is 5.17. The number of aliphatic imine (C=N–C) groups is 1. The van der Waals surface area contributed by atoms with E-state index < -0.39 is 0 Å². The molecule has 0 aromatic rings. The Kier molecular flexibility index (Phi) is 2.43. The lowest BCUT2D eigenvalue weighted by Gasteiger charge is -2.59. The van der Waals surface area contributed by atoms with Gasteiger partial charge in [-0.05, 0) is 50.4 Å². The van der Waals surface area contributed by atoms with E-state index in [4.69, 9.17) is 0 Å². The molecule has 0 N–H and O–H groups in total. The van der Waals surface area contributed by atoms with Gasteiger partial charge in [-0.3, -0.25) is 4.79 Å². The van der Waals surface area contributed by atoms with Gasteiger partial charge < -0.3 is 4.90 Å². The number of nitrogens with zero attached hydrogens (tertiary/aromatic N) is 2. The van der Waals surface area contributed by atoms with Gasteiger partial charge in [0.2, 0.25) is 12.0 Å². The largest absolute Gasteiger partial charge is 0.348 e. The lowest BCUT2D eigenvalue weighted by atomic mass is 9.46. The summed E-state index contributed by atoms with van der Waals surface area (Å²) < 4.78 is 0. The molecule has 0 heterocycles. The molecular formula is C14H20N2O2. The highest BCUT2D eigenvalue weighted by Crippen LogP contribution is 2.63. The van der Waals surface area contributed by atoms with E-state index in [2.05, 4.69) is 4.99 Å². The Hall–Kier alpha value is -1.15. The first-order valence-corrected chi connectivity index (χ1v) is 6.79. The van der Waals surface area contributed by atoms with Gasteiger partial charge in [0.25, 0.3) is 0 Å². The molecule has 4 nitrogen and oxygen atoms in total. The number of hydrogen-bond donors (Lipinski definition) is 0. The molecular weight excluding hydrogens is 228 g/mol. The lowest BCUT2D eigenvalue weighted by molar-refractivity contribution is -0.156. The molecule has 4 fully saturated rings. The summed E-state index contributed by atoms with van der Waals surface area (Å²) in [5.74, 6) is 1.39. The van der Waals surface area contributed by atoms with Crippen LogP contribution in [0.25, 0.3) is 0 Å². The predicted molar refractivity (Wildman–Crippen MR) is 66.7 cm³/mol. The molecule has 0 aliphatic heterocycles. The minimum absolute atomic E-state index is 0.238. The Morgan fingerprint density at radius 1 is 1.22 bits per heavy atom.